The van der Waals surface area contributed by atoms with Crippen molar-refractivity contribution in [3.05, 3.63) is 271 Å². The third kappa shape index (κ3) is 23.4. The van der Waals surface area contributed by atoms with Crippen LogP contribution in [0.2, 0.25) is 0 Å². The minimum absolute atomic E-state index is 0.257. The second-order valence-electron chi connectivity index (χ2n) is 39.1. The number of hydrogen-bond donors (Lipinski definition) is 5. The third-order valence-electron chi connectivity index (χ3n) is 26.2. The van der Waals surface area contributed by atoms with Gasteiger partial charge in [-0.2, -0.15) is 39.5 Å². The monoisotopic (exact) mass is 1780 g/mol. The van der Waals surface area contributed by atoms with Crippen LogP contribution in [0.5, 0.6) is 0 Å². The van der Waals surface area contributed by atoms with Crippen LogP contribution in [0.15, 0.2) is 215 Å². The molecular formula is C110H131F9O10. The van der Waals surface area contributed by atoms with Crippen molar-refractivity contribution in [2.45, 2.75) is 286 Å². The lowest BCUT2D eigenvalue weighted by Crippen LogP contribution is -2.60. The van der Waals surface area contributed by atoms with Gasteiger partial charge in [-0.05, 0) is 293 Å². The maximum Gasteiger partial charge on any atom is 0.428 e. The quantitative estimate of drug-likeness (QED) is 0.0350. The molecule has 19 heteroatoms. The van der Waals surface area contributed by atoms with Crippen molar-refractivity contribution in [2.24, 2.45) is 0 Å². The van der Waals surface area contributed by atoms with Crippen molar-refractivity contribution in [2.75, 3.05) is 33.0 Å². The van der Waals surface area contributed by atoms with Crippen molar-refractivity contribution >= 4 is 81.7 Å². The standard InChI is InChI=1S/C22H22F6O2.C22H25F3O2.3C22H28O2/c1-14(2)18-12-16(11-15-7-3-4-8-17(15)18)19(9-5-6-10-19)30-13-20(29,21(23,24)25)22(26,27)28;1-15(2)19-17-9-5-4-8-16(17)10-11-18(19)21(12-6-7-13-21)27-14-20(3,26)22(23,24)25;2*1-16(2)19-9-7-8-17-10-11-18(14-20(17)19)22(12-5-6-13-22)24-15-21(3,4)23;1-16(2)19-13-17-9-5-6-10-18(17)14-20(19)22(11-7-8-12-22)24-15-21(3,4)23/h3-4,7-8,11-12,29H,1,5-6,9-10,13H2,2H3;4-5,8-11,26H,1,6-7,12-14H2,2-3H3;2*7-11,14,23H,1,5-6,12-13,15H2,2-4H3;5-6,9-10,13-14,23H,1,7-8,11-12,15H2,2-4H3. The number of halogens is 9. The van der Waals surface area contributed by atoms with E-state index in [4.69, 9.17) is 23.7 Å². The molecule has 0 bridgehead atoms. The van der Waals surface area contributed by atoms with E-state index < -0.39 is 71.0 Å². The molecule has 129 heavy (non-hydrogen) atoms. The first-order valence-electron chi connectivity index (χ1n) is 45.3. The van der Waals surface area contributed by atoms with Crippen LogP contribution in [-0.4, -0.2) is 105 Å². The van der Waals surface area contributed by atoms with Crippen molar-refractivity contribution in [3.63, 3.8) is 0 Å². The summed E-state index contributed by atoms with van der Waals surface area (Å²) in [5.74, 6) is 0. The zero-order chi connectivity index (χ0) is 94.4. The lowest BCUT2D eigenvalue weighted by Gasteiger charge is -2.37. The molecule has 5 aliphatic rings. The van der Waals surface area contributed by atoms with Crippen molar-refractivity contribution in [1.29, 1.82) is 0 Å². The van der Waals surface area contributed by atoms with E-state index in [1.165, 1.54) is 91.4 Å². The van der Waals surface area contributed by atoms with Gasteiger partial charge in [0.1, 0.15) is 0 Å². The number of rotatable bonds is 25. The van der Waals surface area contributed by atoms with Gasteiger partial charge in [-0.15, -0.1) is 0 Å². The summed E-state index contributed by atoms with van der Waals surface area (Å²) in [6.07, 6.45) is 1.19. The SMILES string of the molecule is C=C(C)c1c(C2(OCC(C)(O)C(F)(F)F)CCCC2)ccc2ccccc12.C=C(C)c1cc(C2(OCC(O)(C(F)(F)F)C(F)(F)F)CCCC2)cc2ccccc12.C=C(C)c1cc2ccccc2cc1C1(OCC(C)(C)O)CCCC1.C=C(C)c1cccc2ccc(C3(OCC(C)(C)O)CCCC3)cc12.C=C(C)c1cccc2ccc(C3(OCC(C)(C)O)CCCC3)cc12. The van der Waals surface area contributed by atoms with Crippen LogP contribution < -0.4 is 0 Å². The second kappa shape index (κ2) is 39.9. The van der Waals surface area contributed by atoms with E-state index in [2.05, 4.69) is 163 Å². The van der Waals surface area contributed by atoms with Gasteiger partial charge in [0.25, 0.3) is 5.60 Å². The summed E-state index contributed by atoms with van der Waals surface area (Å²) < 4.78 is 148. The van der Waals surface area contributed by atoms with E-state index in [0.29, 0.717) is 56.6 Å². The van der Waals surface area contributed by atoms with Crippen molar-refractivity contribution < 1.29 is 88.7 Å². The van der Waals surface area contributed by atoms with E-state index in [9.17, 15) is 65.0 Å². The molecule has 10 aromatic rings. The lowest BCUT2D eigenvalue weighted by atomic mass is 9.83. The molecule has 0 amide bonds. The molecule has 0 radical (unpaired) electrons. The fourth-order valence-electron chi connectivity index (χ4n) is 19.0. The van der Waals surface area contributed by atoms with E-state index in [-0.39, 0.29) is 29.6 Å². The first-order valence-corrected chi connectivity index (χ1v) is 45.3. The Hall–Kier alpha value is -8.83. The van der Waals surface area contributed by atoms with E-state index in [1.54, 1.807) is 66.7 Å². The number of alkyl halides is 9. The average molecular weight is 1780 g/mol. The summed E-state index contributed by atoms with van der Waals surface area (Å²) in [4.78, 5) is 0. The molecule has 0 aliphatic heterocycles. The average Bonchev–Trinajstić information content (AvgIpc) is 1.31. The number of hydrogen-bond acceptors (Lipinski definition) is 10. The van der Waals surface area contributed by atoms with Gasteiger partial charge in [0.2, 0.25) is 0 Å². The zero-order valence-electron chi connectivity index (χ0n) is 77.2. The van der Waals surface area contributed by atoms with Crippen LogP contribution in [0.25, 0.3) is 81.7 Å². The Morgan fingerprint density at radius 2 is 0.605 bits per heavy atom. The highest BCUT2D eigenvalue weighted by atomic mass is 19.4. The third-order valence-corrected chi connectivity index (χ3v) is 26.2. The molecule has 1 atom stereocenters. The predicted molar refractivity (Wildman–Crippen MR) is 506 cm³/mol. The van der Waals surface area contributed by atoms with Crippen molar-refractivity contribution in [3.8, 4) is 0 Å². The molecule has 5 N–H and O–H groups in total. The molecule has 15 rings (SSSR count). The molecule has 5 aliphatic carbocycles. The minimum atomic E-state index is -5.92. The van der Waals surface area contributed by atoms with Crippen LogP contribution in [0, 0.1) is 0 Å². The molecule has 5 saturated carbocycles. The number of allylic oxidation sites excluding steroid dienone is 5. The molecule has 0 heterocycles. The number of aliphatic hydroxyl groups is 5. The smallest absolute Gasteiger partial charge is 0.388 e. The Kier molecular flexibility index (Phi) is 31.2. The van der Waals surface area contributed by atoms with Gasteiger partial charge >= 0.3 is 18.5 Å². The normalized spacial score (nSPS) is 17.8. The van der Waals surface area contributed by atoms with Crippen LogP contribution >= 0.6 is 0 Å². The maximum atomic E-state index is 13.1. The molecule has 0 saturated heterocycles. The highest BCUT2D eigenvalue weighted by Gasteiger charge is 2.71. The Morgan fingerprint density at radius 1 is 0.279 bits per heavy atom. The molecular weight excluding hydrogens is 1650 g/mol. The highest BCUT2D eigenvalue weighted by Crippen LogP contribution is 2.53. The van der Waals surface area contributed by atoms with Gasteiger partial charge in [-0.3, -0.25) is 0 Å². The zero-order valence-corrected chi connectivity index (χ0v) is 77.2. The van der Waals surface area contributed by atoms with E-state index in [0.717, 1.165) is 132 Å². The summed E-state index contributed by atoms with van der Waals surface area (Å²) in [6, 6.07) is 61.6. The Bertz CT molecular complexity index is 5490. The van der Waals surface area contributed by atoms with Crippen LogP contribution in [0.3, 0.4) is 0 Å². The van der Waals surface area contributed by atoms with Crippen LogP contribution in [0.4, 0.5) is 39.5 Å². The molecule has 0 spiro atoms. The molecule has 0 aromatic heterocycles. The summed E-state index contributed by atoms with van der Waals surface area (Å²) >= 11 is 0. The largest absolute Gasteiger partial charge is 0.428 e. The van der Waals surface area contributed by atoms with Crippen LogP contribution in [-0.2, 0) is 51.7 Å². The molecule has 1 unspecified atom stereocenters. The predicted octanol–water partition coefficient (Wildman–Crippen LogP) is 28.8. The second-order valence-corrected chi connectivity index (χ2v) is 39.1. The summed E-state index contributed by atoms with van der Waals surface area (Å²) in [7, 11) is 0. The molecule has 10 nitrogen and oxygen atoms in total. The number of ether oxygens (including phenoxy) is 5. The number of fused-ring (bicyclic) bond motifs is 5. The Balaban J connectivity index is 0.000000156. The molecule has 694 valence electrons. The lowest BCUT2D eigenvalue weighted by molar-refractivity contribution is -0.383. The topological polar surface area (TPSA) is 147 Å². The fourth-order valence-corrected chi connectivity index (χ4v) is 19.0. The van der Waals surface area contributed by atoms with Crippen molar-refractivity contribution in [1.82, 2.24) is 0 Å². The van der Waals surface area contributed by atoms with Gasteiger partial charge in [-0.1, -0.05) is 271 Å². The summed E-state index contributed by atoms with van der Waals surface area (Å²) in [5.41, 5.74) is 1.79. The maximum absolute atomic E-state index is 13.1. The van der Waals surface area contributed by atoms with Gasteiger partial charge in [0.05, 0.1) is 77.8 Å². The van der Waals surface area contributed by atoms with Crippen LogP contribution in [0.1, 0.15) is 267 Å². The highest BCUT2D eigenvalue weighted by molar-refractivity contribution is 5.97. The Labute approximate surface area is 756 Å². The first kappa shape index (κ1) is 101. The molecule has 10 aromatic carbocycles. The summed E-state index contributed by atoms with van der Waals surface area (Å²) in [6.45, 7) is 40.2. The molecule has 5 fully saturated rings. The van der Waals surface area contributed by atoms with E-state index in [1.807, 2.05) is 61.5 Å². The number of benzene rings is 10. The minimum Gasteiger partial charge on any atom is -0.388 e. The van der Waals surface area contributed by atoms with Gasteiger partial charge in [-0.25, -0.2) is 0 Å². The Morgan fingerprint density at radius 3 is 1.00 bits per heavy atom. The summed E-state index contributed by atoms with van der Waals surface area (Å²) in [5, 5.41) is 60.8. The fraction of sp³-hybridized carbons (Fsp3) is 0.455. The van der Waals surface area contributed by atoms with E-state index >= 15 is 0 Å². The first-order chi connectivity index (χ1) is 60.3. The van der Waals surface area contributed by atoms with Gasteiger partial charge < -0.3 is 49.2 Å². The van der Waals surface area contributed by atoms with Gasteiger partial charge in [0, 0.05) is 0 Å². The van der Waals surface area contributed by atoms with Gasteiger partial charge in [0.15, 0.2) is 5.60 Å².